The fraction of sp³-hybridized carbons (Fsp3) is 0.926. The summed E-state index contributed by atoms with van der Waals surface area (Å²) in [5.74, 6) is -1.12. The summed E-state index contributed by atoms with van der Waals surface area (Å²) in [4.78, 5) is 21.8. The molecule has 0 aromatic carbocycles. The van der Waals surface area contributed by atoms with Gasteiger partial charge in [0.25, 0.3) is 0 Å². The van der Waals surface area contributed by atoms with Crippen LogP contribution in [0.1, 0.15) is 155 Å². The van der Waals surface area contributed by atoms with Crippen molar-refractivity contribution in [3.8, 4) is 0 Å². The second-order valence-corrected chi connectivity index (χ2v) is 9.19. The van der Waals surface area contributed by atoms with Gasteiger partial charge in [-0.1, -0.05) is 129 Å². The van der Waals surface area contributed by atoms with Crippen LogP contribution < -0.4 is 0 Å². The van der Waals surface area contributed by atoms with Gasteiger partial charge in [0.1, 0.15) is 0 Å². The normalized spacial score (nSPS) is 10.7. The van der Waals surface area contributed by atoms with Gasteiger partial charge >= 0.3 is 49.7 Å². The molecule has 0 aromatic rings. The number of carbonyl (C=O) groups excluding carboxylic acids is 1. The van der Waals surface area contributed by atoms with Crippen molar-refractivity contribution in [3.63, 3.8) is 0 Å². The molecule has 0 saturated heterocycles. The number of rotatable bonds is 25. The summed E-state index contributed by atoms with van der Waals surface area (Å²) in [6, 6.07) is 0. The molecule has 0 spiro atoms. The van der Waals surface area contributed by atoms with Crippen LogP contribution in [0.5, 0.6) is 0 Å². The quantitative estimate of drug-likeness (QED) is 0.0823. The molecule has 0 saturated carbocycles. The number of carboxylic acids is 1. The molecule has 0 amide bonds. The number of ether oxygens (including phenoxy) is 1. The number of carboxylic acid groups (broad SMARTS) is 1. The van der Waals surface area contributed by atoms with E-state index in [4.69, 9.17) is 9.84 Å². The van der Waals surface area contributed by atoms with Crippen molar-refractivity contribution < 1.29 is 19.4 Å². The van der Waals surface area contributed by atoms with E-state index < -0.39 is 5.97 Å². The molecule has 0 unspecified atom stereocenters. The van der Waals surface area contributed by atoms with Gasteiger partial charge in [0, 0.05) is 12.8 Å². The van der Waals surface area contributed by atoms with Crippen molar-refractivity contribution >= 4 is 49.7 Å². The van der Waals surface area contributed by atoms with Crippen LogP contribution >= 0.6 is 0 Å². The number of hydrogen-bond acceptors (Lipinski definition) is 3. The van der Waals surface area contributed by atoms with E-state index in [0.717, 1.165) is 12.8 Å². The Kier molecular flexibility index (Phi) is 31.4. The fourth-order valence-electron chi connectivity index (χ4n) is 4.00. The summed E-state index contributed by atoms with van der Waals surface area (Å²) in [6.07, 6.45) is 27.7. The van der Waals surface area contributed by atoms with Crippen LogP contribution in [0.15, 0.2) is 0 Å². The molecule has 0 rings (SSSR count). The molecule has 0 fully saturated rings. The maximum atomic E-state index is 11.4. The first kappa shape index (κ1) is 34.4. The molecule has 0 aliphatic heterocycles. The number of carbonyl (C=O) groups is 2. The Morgan fingerprint density at radius 1 is 0.531 bits per heavy atom. The van der Waals surface area contributed by atoms with Crippen LogP contribution in [0.4, 0.5) is 0 Å². The fourth-order valence-corrected chi connectivity index (χ4v) is 4.00. The predicted octanol–water partition coefficient (Wildman–Crippen LogP) is 7.69. The first-order valence-electron chi connectivity index (χ1n) is 13.5. The van der Waals surface area contributed by atoms with Crippen molar-refractivity contribution in [2.75, 3.05) is 6.61 Å². The summed E-state index contributed by atoms with van der Waals surface area (Å²) in [5.41, 5.74) is 0. The summed E-state index contributed by atoms with van der Waals surface area (Å²) in [6.45, 7) is 2.76. The van der Waals surface area contributed by atoms with Crippen LogP contribution in [-0.4, -0.2) is 61.4 Å². The summed E-state index contributed by atoms with van der Waals surface area (Å²) in [7, 11) is 0. The molecule has 0 heterocycles. The molecule has 0 bridgehead atoms. The first-order valence-corrected chi connectivity index (χ1v) is 13.5. The first-order chi connectivity index (χ1) is 15.2. The van der Waals surface area contributed by atoms with Crippen molar-refractivity contribution in [3.05, 3.63) is 0 Å². The molecule has 4 nitrogen and oxygen atoms in total. The van der Waals surface area contributed by atoms with Gasteiger partial charge in [-0.3, -0.25) is 9.59 Å². The van der Waals surface area contributed by atoms with E-state index in [9.17, 15) is 9.59 Å². The Labute approximate surface area is 229 Å². The number of aliphatic carboxylic acids is 1. The molecule has 1 N–H and O–H groups in total. The second-order valence-electron chi connectivity index (χ2n) is 9.19. The summed E-state index contributed by atoms with van der Waals surface area (Å²) < 4.78 is 5.13. The van der Waals surface area contributed by atoms with Gasteiger partial charge in [-0.25, -0.2) is 0 Å². The van der Waals surface area contributed by atoms with Gasteiger partial charge in [-0.15, -0.1) is 0 Å². The molecule has 0 aromatic heterocycles. The third-order valence-electron chi connectivity index (χ3n) is 6.03. The van der Waals surface area contributed by atoms with Crippen LogP contribution in [0, 0.1) is 0 Å². The Hall–Kier alpha value is 0.200. The van der Waals surface area contributed by atoms with Crippen LogP contribution in [0.2, 0.25) is 0 Å². The molecular formula is C27H54CaO4. The van der Waals surface area contributed by atoms with Gasteiger partial charge in [0.2, 0.25) is 0 Å². The van der Waals surface area contributed by atoms with Crippen molar-refractivity contribution in [1.29, 1.82) is 0 Å². The minimum atomic E-state index is -0.859. The molecule has 5 heteroatoms. The average Bonchev–Trinajstić information content (AvgIpc) is 2.74. The van der Waals surface area contributed by atoms with E-state index in [2.05, 4.69) is 6.92 Å². The standard InChI is InChI=1S/C27H52O4.Ca.2H/c1-2-3-4-5-6-7-8-9-10-11-12-13-14-15-16-17-18-19-20-21-25-31-27(30)24-22-23-26(28)29;;;/h2-25H2,1H3,(H,28,29);;;. The van der Waals surface area contributed by atoms with E-state index in [1.54, 1.807) is 0 Å². The van der Waals surface area contributed by atoms with Gasteiger partial charge in [-0.2, -0.15) is 0 Å². The molecular weight excluding hydrogens is 428 g/mol. The zero-order valence-electron chi connectivity index (χ0n) is 20.6. The summed E-state index contributed by atoms with van der Waals surface area (Å²) in [5, 5.41) is 8.53. The molecule has 32 heavy (non-hydrogen) atoms. The van der Waals surface area contributed by atoms with E-state index >= 15 is 0 Å². The summed E-state index contributed by atoms with van der Waals surface area (Å²) >= 11 is 0. The van der Waals surface area contributed by atoms with Crippen LogP contribution in [0.25, 0.3) is 0 Å². The van der Waals surface area contributed by atoms with Crippen LogP contribution in [0.3, 0.4) is 0 Å². The third kappa shape index (κ3) is 30.2. The van der Waals surface area contributed by atoms with Gasteiger partial charge in [0.05, 0.1) is 6.61 Å². The van der Waals surface area contributed by atoms with E-state index in [0.29, 0.717) is 13.0 Å². The van der Waals surface area contributed by atoms with Gasteiger partial charge in [0.15, 0.2) is 0 Å². The maximum absolute atomic E-state index is 11.4. The van der Waals surface area contributed by atoms with Crippen molar-refractivity contribution in [2.45, 2.75) is 155 Å². The monoisotopic (exact) mass is 482 g/mol. The van der Waals surface area contributed by atoms with E-state index in [-0.39, 0.29) is 56.5 Å². The topological polar surface area (TPSA) is 63.6 Å². The number of unbranched alkanes of at least 4 members (excludes halogenated alkanes) is 19. The van der Waals surface area contributed by atoms with Crippen LogP contribution in [-0.2, 0) is 14.3 Å². The zero-order chi connectivity index (χ0) is 22.8. The van der Waals surface area contributed by atoms with E-state index in [1.807, 2.05) is 0 Å². The Balaban J connectivity index is 0. The molecule has 188 valence electrons. The SMILES string of the molecule is CCCCCCCCCCCCCCCCCCCCCCOC(=O)CCCC(=O)O.[CaH2]. The van der Waals surface area contributed by atoms with Crippen molar-refractivity contribution in [2.24, 2.45) is 0 Å². The molecule has 0 atom stereocenters. The third-order valence-corrected chi connectivity index (χ3v) is 6.03. The number of esters is 1. The van der Waals surface area contributed by atoms with Gasteiger partial charge in [-0.05, 0) is 12.8 Å². The second kappa shape index (κ2) is 29.2. The van der Waals surface area contributed by atoms with E-state index in [1.165, 1.54) is 116 Å². The van der Waals surface area contributed by atoms with Gasteiger partial charge < -0.3 is 9.84 Å². The average molecular weight is 483 g/mol. The predicted molar refractivity (Wildman–Crippen MR) is 139 cm³/mol. The minimum absolute atomic E-state index is 0. The van der Waals surface area contributed by atoms with Crippen molar-refractivity contribution in [1.82, 2.24) is 0 Å². The Morgan fingerprint density at radius 3 is 1.22 bits per heavy atom. The Morgan fingerprint density at radius 2 is 0.875 bits per heavy atom. The molecule has 0 aliphatic carbocycles. The Bertz CT molecular complexity index is 401. The zero-order valence-corrected chi connectivity index (χ0v) is 20.6. The molecule has 0 radical (unpaired) electrons. The molecule has 0 aliphatic rings. The number of hydrogen-bond donors (Lipinski definition) is 1.